The molecule has 2 radical (unpaired) electrons. The van der Waals surface area contributed by atoms with E-state index in [0.717, 1.165) is 0 Å². The fourth-order valence-corrected chi connectivity index (χ4v) is 0. The molecule has 5 heteroatoms. The van der Waals surface area contributed by atoms with E-state index in [1.807, 2.05) is 0 Å². The summed E-state index contributed by atoms with van der Waals surface area (Å²) in [6.07, 6.45) is 0. The van der Waals surface area contributed by atoms with Crippen molar-refractivity contribution in [1.82, 2.24) is 0 Å². The van der Waals surface area contributed by atoms with Crippen molar-refractivity contribution in [3.8, 4) is 0 Å². The summed E-state index contributed by atoms with van der Waals surface area (Å²) < 4.78 is 8.34. The van der Waals surface area contributed by atoms with Crippen molar-refractivity contribution in [1.29, 1.82) is 0 Å². The van der Waals surface area contributed by atoms with E-state index in [1.165, 1.54) is 0 Å². The Morgan fingerprint density at radius 3 is 0.800 bits per heavy atom. The molecule has 0 aromatic carbocycles. The Balaban J connectivity index is -0.00000000167. The zero-order chi connectivity index (χ0) is 2.00. The standard InChI is InChI=1S/O.Sn.3Zn. The van der Waals surface area contributed by atoms with Crippen molar-refractivity contribution < 1.29 is 61.5 Å². The second-order valence-corrected chi connectivity index (χ2v) is 0. The summed E-state index contributed by atoms with van der Waals surface area (Å²) in [5.41, 5.74) is 0. The Labute approximate surface area is 82.8 Å². The average molecular weight is 331 g/mol. The average Bonchev–Trinajstić information content (AvgIpc) is 1.00. The first-order valence-electron chi connectivity index (χ1n) is 0.204. The van der Waals surface area contributed by atoms with E-state index in [9.17, 15) is 0 Å². The first-order chi connectivity index (χ1) is 1.00. The van der Waals surface area contributed by atoms with Gasteiger partial charge in [-0.25, -0.2) is 0 Å². The van der Waals surface area contributed by atoms with Crippen LogP contribution in [-0.2, 0) is 61.5 Å². The van der Waals surface area contributed by atoms with Gasteiger partial charge in [0.2, 0.25) is 0 Å². The monoisotopic (exact) mass is 328 g/mol. The molecule has 0 N–H and O–H groups in total. The van der Waals surface area contributed by atoms with Crippen molar-refractivity contribution in [3.63, 3.8) is 0 Å². The molecular formula is OSnZn3. The summed E-state index contributed by atoms with van der Waals surface area (Å²) in [6, 6.07) is 0. The molecule has 0 saturated heterocycles. The van der Waals surface area contributed by atoms with E-state index in [0.29, 0.717) is 22.5 Å². The Bertz CT molecular complexity index is 6.85. The van der Waals surface area contributed by atoms with Crippen LogP contribution in [0, 0.1) is 0 Å². The summed E-state index contributed by atoms with van der Waals surface area (Å²) in [5.74, 6) is 0. The predicted octanol–water partition coefficient (Wildman–Crippen LogP) is -0.507. The SMILES string of the molecule is [O]=[Sn].[Zn].[Zn].[Zn]. The molecule has 0 atom stereocenters. The Morgan fingerprint density at radius 1 is 0.800 bits per heavy atom. The third kappa shape index (κ3) is 21.2. The summed E-state index contributed by atoms with van der Waals surface area (Å²) in [6.45, 7) is 0. The van der Waals surface area contributed by atoms with Crippen LogP contribution < -0.4 is 0 Å². The second-order valence-electron chi connectivity index (χ2n) is 0. The minimum atomic E-state index is 0. The van der Waals surface area contributed by atoms with Gasteiger partial charge in [-0.3, -0.25) is 0 Å². The molecule has 0 aromatic rings. The summed E-state index contributed by atoms with van der Waals surface area (Å²) >= 11 is 0.300. The first kappa shape index (κ1) is 26.0. The molecule has 0 spiro atoms. The molecule has 0 fully saturated rings. The molecule has 0 saturated carbocycles. The normalized spacial score (nSPS) is 0.800. The summed E-state index contributed by atoms with van der Waals surface area (Å²) in [7, 11) is 0. The molecule has 0 rings (SSSR count). The van der Waals surface area contributed by atoms with Gasteiger partial charge < -0.3 is 0 Å². The largest absolute Gasteiger partial charge is 0 e. The third-order valence-corrected chi connectivity index (χ3v) is 0. The Kier molecular flexibility index (Phi) is 165. The van der Waals surface area contributed by atoms with Gasteiger partial charge in [-0.15, -0.1) is 0 Å². The predicted molar refractivity (Wildman–Crippen MR) is 6.44 cm³/mol. The molecule has 0 aliphatic rings. The molecule has 0 amide bonds. The molecule has 0 aliphatic carbocycles. The summed E-state index contributed by atoms with van der Waals surface area (Å²) in [5, 5.41) is 0. The molecule has 0 aromatic heterocycles. The first-order valence-corrected chi connectivity index (χ1v) is 1.37. The molecule has 0 aliphatic heterocycles. The van der Waals surface area contributed by atoms with Crippen LogP contribution >= 0.6 is 0 Å². The van der Waals surface area contributed by atoms with Gasteiger partial charge in [0.05, 0.1) is 0 Å². The van der Waals surface area contributed by atoms with Crippen LogP contribution in [0.5, 0.6) is 0 Å². The van der Waals surface area contributed by atoms with Gasteiger partial charge in [-0.05, 0) is 0 Å². The maximum Gasteiger partial charge on any atom is 0 e. The van der Waals surface area contributed by atoms with E-state index in [1.54, 1.807) is 0 Å². The van der Waals surface area contributed by atoms with Crippen molar-refractivity contribution in [2.45, 2.75) is 0 Å². The van der Waals surface area contributed by atoms with Crippen LogP contribution in [0.4, 0.5) is 0 Å². The van der Waals surface area contributed by atoms with Gasteiger partial charge in [0.1, 0.15) is 0 Å². The zero-order valence-corrected chi connectivity index (χ0v) is 14.8. The Morgan fingerprint density at radius 2 is 0.800 bits per heavy atom. The minimum absolute atomic E-state index is 0. The fourth-order valence-electron chi connectivity index (χ4n) is 0. The van der Waals surface area contributed by atoms with Crippen LogP contribution in [0.1, 0.15) is 0 Å². The quantitative estimate of drug-likeness (QED) is 0.547. The number of hydrogen-bond donors (Lipinski definition) is 0. The minimum Gasteiger partial charge on any atom is 0 e. The summed E-state index contributed by atoms with van der Waals surface area (Å²) in [4.78, 5) is 0. The van der Waals surface area contributed by atoms with Crippen molar-refractivity contribution in [3.05, 3.63) is 0 Å². The van der Waals surface area contributed by atoms with Gasteiger partial charge in [-0.2, -0.15) is 0 Å². The zero-order valence-electron chi connectivity index (χ0n) is 3.03. The molecule has 0 bridgehead atoms. The van der Waals surface area contributed by atoms with Crippen LogP contribution in [0.2, 0.25) is 0 Å². The van der Waals surface area contributed by atoms with E-state index >= 15 is 0 Å². The van der Waals surface area contributed by atoms with E-state index in [-0.39, 0.29) is 58.4 Å². The van der Waals surface area contributed by atoms with Gasteiger partial charge in [0.15, 0.2) is 0 Å². The van der Waals surface area contributed by atoms with E-state index in [2.05, 4.69) is 0 Å². The van der Waals surface area contributed by atoms with Crippen LogP contribution in [0.3, 0.4) is 0 Å². The van der Waals surface area contributed by atoms with Crippen molar-refractivity contribution in [2.24, 2.45) is 0 Å². The van der Waals surface area contributed by atoms with E-state index < -0.39 is 0 Å². The smallest absolute Gasteiger partial charge is 0 e. The molecule has 0 heterocycles. The molecule has 5 heavy (non-hydrogen) atoms. The van der Waals surface area contributed by atoms with Gasteiger partial charge >= 0.3 is 25.6 Å². The fraction of sp³-hybridized carbons (Fsp3) is 0. The van der Waals surface area contributed by atoms with Crippen molar-refractivity contribution >= 4 is 22.5 Å². The number of rotatable bonds is 0. The van der Waals surface area contributed by atoms with Crippen LogP contribution in [0.25, 0.3) is 0 Å². The molecule has 1 nitrogen and oxygen atoms in total. The van der Waals surface area contributed by atoms with Gasteiger partial charge in [0, 0.05) is 58.4 Å². The molecular weight excluding hydrogens is 331 g/mol. The van der Waals surface area contributed by atoms with Crippen molar-refractivity contribution in [2.75, 3.05) is 0 Å². The number of hydrogen-bond acceptors (Lipinski definition) is 1. The van der Waals surface area contributed by atoms with Gasteiger partial charge in [0.25, 0.3) is 0 Å². The van der Waals surface area contributed by atoms with Gasteiger partial charge in [-0.1, -0.05) is 0 Å². The second kappa shape index (κ2) is 31.7. The topological polar surface area (TPSA) is 17.1 Å². The molecule has 0 unspecified atom stereocenters. The van der Waals surface area contributed by atoms with Crippen LogP contribution in [0.15, 0.2) is 0 Å². The maximum absolute atomic E-state index is 8.34. The molecule has 16 valence electrons. The maximum atomic E-state index is 8.34. The van der Waals surface area contributed by atoms with E-state index in [4.69, 9.17) is 3.08 Å². The Hall–Kier alpha value is 2.47. The van der Waals surface area contributed by atoms with Crippen LogP contribution in [-0.4, -0.2) is 22.5 Å². The third-order valence-electron chi connectivity index (χ3n) is 0.